The van der Waals surface area contributed by atoms with E-state index in [0.717, 1.165) is 12.8 Å². The van der Waals surface area contributed by atoms with Crippen LogP contribution in [0.25, 0.3) is 0 Å². The Morgan fingerprint density at radius 1 is 1.30 bits per heavy atom. The highest BCUT2D eigenvalue weighted by Gasteiger charge is 2.25. The Bertz CT molecular complexity index is 563. The molecular weight excluding hydrogens is 296 g/mol. The largest absolute Gasteiger partial charge is 0.493 e. The minimum Gasteiger partial charge on any atom is -0.493 e. The van der Waals surface area contributed by atoms with Gasteiger partial charge in [-0.25, -0.2) is 0 Å². The van der Waals surface area contributed by atoms with Gasteiger partial charge in [0, 0.05) is 0 Å². The molecule has 2 unspecified atom stereocenters. The standard InChI is InChI=1S/C18H24O5/c1-4-14(9-12-5-6-12)23-17(11-19)18(20)13-7-8-15(21-2)16(10-13)22-3/h4,7-10,12,17-20H,1,5-6,11H2,2-3H3. The molecule has 1 saturated carbocycles. The average molecular weight is 320 g/mol. The van der Waals surface area contributed by atoms with E-state index in [9.17, 15) is 10.2 Å². The van der Waals surface area contributed by atoms with E-state index in [4.69, 9.17) is 14.2 Å². The van der Waals surface area contributed by atoms with Crippen molar-refractivity contribution in [1.29, 1.82) is 0 Å². The fraction of sp³-hybridized carbons (Fsp3) is 0.444. The first-order valence-corrected chi connectivity index (χ1v) is 7.64. The van der Waals surface area contributed by atoms with E-state index < -0.39 is 12.2 Å². The summed E-state index contributed by atoms with van der Waals surface area (Å²) in [7, 11) is 3.08. The SMILES string of the molecule is C=CC(=CC1CC1)OC(CO)C(O)c1ccc(OC)c(OC)c1. The van der Waals surface area contributed by atoms with Crippen LogP contribution in [0.1, 0.15) is 24.5 Å². The number of hydrogen-bond acceptors (Lipinski definition) is 5. The second-order valence-electron chi connectivity index (χ2n) is 5.51. The maximum Gasteiger partial charge on any atom is 0.161 e. The van der Waals surface area contributed by atoms with Crippen molar-refractivity contribution in [1.82, 2.24) is 0 Å². The maximum atomic E-state index is 10.5. The first kappa shape index (κ1) is 17.4. The number of rotatable bonds is 9. The van der Waals surface area contributed by atoms with Gasteiger partial charge in [0.1, 0.15) is 11.9 Å². The lowest BCUT2D eigenvalue weighted by Crippen LogP contribution is -2.26. The van der Waals surface area contributed by atoms with E-state index in [0.29, 0.717) is 28.7 Å². The van der Waals surface area contributed by atoms with Gasteiger partial charge in [-0.3, -0.25) is 0 Å². The number of methoxy groups -OCH3 is 2. The number of ether oxygens (including phenoxy) is 3. The summed E-state index contributed by atoms with van der Waals surface area (Å²) >= 11 is 0. The molecule has 1 aromatic carbocycles. The Kier molecular flexibility index (Phi) is 6.07. The van der Waals surface area contributed by atoms with Crippen molar-refractivity contribution in [3.63, 3.8) is 0 Å². The predicted octanol–water partition coefficient (Wildman–Crippen LogP) is 2.59. The van der Waals surface area contributed by atoms with Gasteiger partial charge >= 0.3 is 0 Å². The second-order valence-corrected chi connectivity index (χ2v) is 5.51. The molecule has 5 nitrogen and oxygen atoms in total. The molecule has 1 aliphatic carbocycles. The van der Waals surface area contributed by atoms with Crippen LogP contribution in [0, 0.1) is 5.92 Å². The van der Waals surface area contributed by atoms with Gasteiger partial charge in [0.2, 0.25) is 0 Å². The predicted molar refractivity (Wildman–Crippen MR) is 87.5 cm³/mol. The summed E-state index contributed by atoms with van der Waals surface area (Å²) in [6.07, 6.45) is 4.09. The van der Waals surface area contributed by atoms with Crippen molar-refractivity contribution in [3.05, 3.63) is 48.3 Å². The lowest BCUT2D eigenvalue weighted by Gasteiger charge is -2.24. The molecule has 1 fully saturated rings. The summed E-state index contributed by atoms with van der Waals surface area (Å²) in [5, 5.41) is 20.1. The third-order valence-electron chi connectivity index (χ3n) is 3.79. The van der Waals surface area contributed by atoms with Gasteiger partial charge in [-0.15, -0.1) is 0 Å². The molecule has 0 amide bonds. The molecule has 0 saturated heterocycles. The van der Waals surface area contributed by atoms with E-state index >= 15 is 0 Å². The molecule has 0 aliphatic heterocycles. The monoisotopic (exact) mass is 320 g/mol. The summed E-state index contributed by atoms with van der Waals surface area (Å²) in [5.74, 6) is 2.19. The van der Waals surface area contributed by atoms with Gasteiger partial charge in [0.25, 0.3) is 0 Å². The van der Waals surface area contributed by atoms with Crippen molar-refractivity contribution in [2.45, 2.75) is 25.0 Å². The molecule has 2 rings (SSSR count). The van der Waals surface area contributed by atoms with Crippen LogP contribution in [0.4, 0.5) is 0 Å². The molecule has 0 bridgehead atoms. The number of allylic oxidation sites excluding steroid dienone is 2. The third kappa shape index (κ3) is 4.50. The summed E-state index contributed by atoms with van der Waals surface area (Å²) in [5.41, 5.74) is 0.580. The molecule has 23 heavy (non-hydrogen) atoms. The fourth-order valence-corrected chi connectivity index (χ4v) is 2.28. The lowest BCUT2D eigenvalue weighted by molar-refractivity contribution is -0.0323. The zero-order valence-corrected chi connectivity index (χ0v) is 13.6. The summed E-state index contributed by atoms with van der Waals surface area (Å²) in [6.45, 7) is 3.40. The molecule has 0 heterocycles. The molecule has 0 radical (unpaired) electrons. The van der Waals surface area contributed by atoms with Crippen molar-refractivity contribution in [2.75, 3.05) is 20.8 Å². The molecule has 0 spiro atoms. The van der Waals surface area contributed by atoms with Crippen LogP contribution < -0.4 is 9.47 Å². The highest BCUT2D eigenvalue weighted by molar-refractivity contribution is 5.43. The zero-order chi connectivity index (χ0) is 16.8. The smallest absolute Gasteiger partial charge is 0.161 e. The fourth-order valence-electron chi connectivity index (χ4n) is 2.28. The number of aliphatic hydroxyl groups excluding tert-OH is 2. The molecule has 1 aromatic rings. The van der Waals surface area contributed by atoms with E-state index in [-0.39, 0.29) is 6.61 Å². The number of benzene rings is 1. The maximum absolute atomic E-state index is 10.5. The first-order valence-electron chi connectivity index (χ1n) is 7.64. The van der Waals surface area contributed by atoms with Gasteiger partial charge in [-0.2, -0.15) is 0 Å². The van der Waals surface area contributed by atoms with Crippen LogP contribution in [-0.2, 0) is 4.74 Å². The van der Waals surface area contributed by atoms with E-state index in [1.54, 1.807) is 31.4 Å². The Morgan fingerprint density at radius 3 is 2.52 bits per heavy atom. The number of hydrogen-bond donors (Lipinski definition) is 2. The molecule has 0 aromatic heterocycles. The van der Waals surface area contributed by atoms with Crippen LogP contribution in [0.2, 0.25) is 0 Å². The van der Waals surface area contributed by atoms with Crippen molar-refractivity contribution >= 4 is 0 Å². The van der Waals surface area contributed by atoms with E-state index in [2.05, 4.69) is 6.58 Å². The normalized spacial score (nSPS) is 17.3. The van der Waals surface area contributed by atoms with Crippen LogP contribution in [0.3, 0.4) is 0 Å². The van der Waals surface area contributed by atoms with Crippen molar-refractivity contribution < 1.29 is 24.4 Å². The Morgan fingerprint density at radius 2 is 2.00 bits per heavy atom. The van der Waals surface area contributed by atoms with E-state index in [1.807, 2.05) is 6.08 Å². The zero-order valence-electron chi connectivity index (χ0n) is 13.6. The molecule has 1 aliphatic rings. The highest BCUT2D eigenvalue weighted by atomic mass is 16.5. The molecule has 2 N–H and O–H groups in total. The quantitative estimate of drug-likeness (QED) is 0.541. The van der Waals surface area contributed by atoms with Crippen LogP contribution >= 0.6 is 0 Å². The van der Waals surface area contributed by atoms with E-state index in [1.165, 1.54) is 7.11 Å². The Labute approximate surface area is 136 Å². The summed E-state index contributed by atoms with van der Waals surface area (Å²) in [4.78, 5) is 0. The van der Waals surface area contributed by atoms with Gasteiger partial charge in [-0.1, -0.05) is 12.6 Å². The molecule has 5 heteroatoms. The minimum atomic E-state index is -0.998. The lowest BCUT2D eigenvalue weighted by atomic mass is 10.0. The molecular formula is C18H24O5. The van der Waals surface area contributed by atoms with Crippen LogP contribution in [-0.4, -0.2) is 37.1 Å². The van der Waals surface area contributed by atoms with Crippen molar-refractivity contribution in [3.8, 4) is 11.5 Å². The van der Waals surface area contributed by atoms with Gasteiger partial charge in [0.15, 0.2) is 17.6 Å². The Hall–Kier alpha value is -1.98. The minimum absolute atomic E-state index is 0.314. The average Bonchev–Trinajstić information content (AvgIpc) is 3.41. The Balaban J connectivity index is 2.15. The van der Waals surface area contributed by atoms with Crippen LogP contribution in [0.15, 0.2) is 42.7 Å². The van der Waals surface area contributed by atoms with Gasteiger partial charge in [-0.05, 0) is 48.6 Å². The van der Waals surface area contributed by atoms with Crippen LogP contribution in [0.5, 0.6) is 11.5 Å². The highest BCUT2D eigenvalue weighted by Crippen LogP contribution is 2.34. The first-order chi connectivity index (χ1) is 11.1. The molecule has 2 atom stereocenters. The summed E-state index contributed by atoms with van der Waals surface area (Å²) in [6, 6.07) is 5.10. The third-order valence-corrected chi connectivity index (χ3v) is 3.79. The molecule has 126 valence electrons. The summed E-state index contributed by atoms with van der Waals surface area (Å²) < 4.78 is 16.1. The van der Waals surface area contributed by atoms with Gasteiger partial charge < -0.3 is 24.4 Å². The topological polar surface area (TPSA) is 68.2 Å². The van der Waals surface area contributed by atoms with Gasteiger partial charge in [0.05, 0.1) is 20.8 Å². The van der Waals surface area contributed by atoms with Crippen molar-refractivity contribution in [2.24, 2.45) is 5.92 Å². The number of aliphatic hydroxyl groups is 2. The second kappa shape index (κ2) is 8.04.